The van der Waals surface area contributed by atoms with Crippen molar-refractivity contribution in [1.29, 1.82) is 0 Å². The number of thiazole rings is 1. The molecule has 0 bridgehead atoms. The summed E-state index contributed by atoms with van der Waals surface area (Å²) < 4.78 is 0. The Morgan fingerprint density at radius 1 is 1.22 bits per heavy atom. The second-order valence-electron chi connectivity index (χ2n) is 7.42. The number of fused-ring (bicyclic) bond motifs is 1. The van der Waals surface area contributed by atoms with Gasteiger partial charge in [-0.05, 0) is 37.1 Å². The van der Waals surface area contributed by atoms with Gasteiger partial charge in [0.15, 0.2) is 5.13 Å². The van der Waals surface area contributed by atoms with E-state index < -0.39 is 0 Å². The minimum absolute atomic E-state index is 0.0411. The fourth-order valence-corrected chi connectivity index (χ4v) is 4.41. The number of benzene rings is 1. The standard InChI is InChI=1S/C20H24N4O2S/c1-23(2)15-8-6-14(7-9-15)19(26)24-11-10-16-17(12-24)27-20(21-16)22-18(25)13-4-3-5-13/h6-9,13H,3-5,10-12H2,1-2H3,(H,21,22,25). The van der Waals surface area contributed by atoms with Crippen molar-refractivity contribution in [3.05, 3.63) is 40.4 Å². The molecule has 1 aliphatic heterocycles. The third-order valence-electron chi connectivity index (χ3n) is 5.36. The molecule has 1 aromatic carbocycles. The molecule has 2 amide bonds. The number of anilines is 2. The first-order valence-electron chi connectivity index (χ1n) is 9.37. The number of carbonyl (C=O) groups is 2. The summed E-state index contributed by atoms with van der Waals surface area (Å²) in [5.41, 5.74) is 2.78. The zero-order chi connectivity index (χ0) is 19.0. The smallest absolute Gasteiger partial charge is 0.254 e. The number of amides is 2. The maximum absolute atomic E-state index is 12.8. The molecule has 1 aliphatic carbocycles. The third kappa shape index (κ3) is 3.69. The van der Waals surface area contributed by atoms with E-state index in [1.165, 1.54) is 11.3 Å². The number of hydrogen-bond acceptors (Lipinski definition) is 5. The lowest BCUT2D eigenvalue weighted by molar-refractivity contribution is -0.122. The van der Waals surface area contributed by atoms with Crippen LogP contribution >= 0.6 is 11.3 Å². The average molecular weight is 385 g/mol. The molecule has 142 valence electrons. The maximum Gasteiger partial charge on any atom is 0.254 e. The summed E-state index contributed by atoms with van der Waals surface area (Å²) in [6.07, 6.45) is 3.82. The number of aromatic nitrogens is 1. The molecule has 2 aromatic rings. The van der Waals surface area contributed by atoms with Crippen LogP contribution in [0.2, 0.25) is 0 Å². The predicted molar refractivity (Wildman–Crippen MR) is 107 cm³/mol. The molecule has 1 aromatic heterocycles. The van der Waals surface area contributed by atoms with Crippen molar-refractivity contribution in [3.8, 4) is 0 Å². The summed E-state index contributed by atoms with van der Waals surface area (Å²) in [4.78, 5) is 34.5. The second kappa shape index (κ2) is 7.31. The summed E-state index contributed by atoms with van der Waals surface area (Å²) in [6.45, 7) is 1.21. The van der Waals surface area contributed by atoms with Crippen molar-refractivity contribution >= 4 is 34.0 Å². The van der Waals surface area contributed by atoms with Crippen LogP contribution in [0.25, 0.3) is 0 Å². The van der Waals surface area contributed by atoms with Crippen molar-refractivity contribution in [2.45, 2.75) is 32.2 Å². The fourth-order valence-electron chi connectivity index (χ4n) is 3.38. The minimum Gasteiger partial charge on any atom is -0.378 e. The Bertz CT molecular complexity index is 855. The quantitative estimate of drug-likeness (QED) is 0.879. The lowest BCUT2D eigenvalue weighted by Crippen LogP contribution is -2.35. The van der Waals surface area contributed by atoms with E-state index in [1.807, 2.05) is 48.2 Å². The average Bonchev–Trinajstić information content (AvgIpc) is 3.00. The van der Waals surface area contributed by atoms with Crippen LogP contribution in [0.5, 0.6) is 0 Å². The highest BCUT2D eigenvalue weighted by Gasteiger charge is 2.28. The number of carbonyl (C=O) groups excluding carboxylic acids is 2. The van der Waals surface area contributed by atoms with E-state index in [9.17, 15) is 9.59 Å². The molecule has 4 rings (SSSR count). The van der Waals surface area contributed by atoms with E-state index in [2.05, 4.69) is 10.3 Å². The van der Waals surface area contributed by atoms with Gasteiger partial charge in [0.05, 0.1) is 12.2 Å². The van der Waals surface area contributed by atoms with Gasteiger partial charge in [-0.15, -0.1) is 0 Å². The summed E-state index contributed by atoms with van der Waals surface area (Å²) in [5.74, 6) is 0.273. The monoisotopic (exact) mass is 384 g/mol. The van der Waals surface area contributed by atoms with Crippen LogP contribution in [0.15, 0.2) is 24.3 Å². The Kier molecular flexibility index (Phi) is 4.86. The minimum atomic E-state index is 0.0411. The molecule has 0 radical (unpaired) electrons. The van der Waals surface area contributed by atoms with Gasteiger partial charge >= 0.3 is 0 Å². The normalized spacial score (nSPS) is 16.4. The van der Waals surface area contributed by atoms with Crippen LogP contribution in [0, 0.1) is 5.92 Å². The molecule has 1 N–H and O–H groups in total. The first kappa shape index (κ1) is 18.0. The zero-order valence-corrected chi connectivity index (χ0v) is 16.5. The van der Waals surface area contributed by atoms with Crippen molar-refractivity contribution in [2.75, 3.05) is 30.9 Å². The van der Waals surface area contributed by atoms with Gasteiger partial charge in [-0.1, -0.05) is 17.8 Å². The maximum atomic E-state index is 12.8. The van der Waals surface area contributed by atoms with Gasteiger partial charge in [-0.25, -0.2) is 4.98 Å². The lowest BCUT2D eigenvalue weighted by Gasteiger charge is -2.26. The van der Waals surface area contributed by atoms with Crippen LogP contribution < -0.4 is 10.2 Å². The predicted octanol–water partition coefficient (Wildman–Crippen LogP) is 3.15. The van der Waals surface area contributed by atoms with Gasteiger partial charge in [0.25, 0.3) is 5.91 Å². The van der Waals surface area contributed by atoms with E-state index in [4.69, 9.17) is 0 Å². The molecule has 6 nitrogen and oxygen atoms in total. The number of nitrogens with one attached hydrogen (secondary N) is 1. The Morgan fingerprint density at radius 3 is 2.59 bits per heavy atom. The van der Waals surface area contributed by atoms with E-state index in [0.717, 1.165) is 41.9 Å². The van der Waals surface area contributed by atoms with Gasteiger partial charge in [-0.2, -0.15) is 0 Å². The van der Waals surface area contributed by atoms with E-state index >= 15 is 0 Å². The highest BCUT2D eigenvalue weighted by Crippen LogP contribution is 2.32. The molecule has 1 saturated carbocycles. The van der Waals surface area contributed by atoms with Crippen LogP contribution in [0.3, 0.4) is 0 Å². The molecular weight excluding hydrogens is 360 g/mol. The number of hydrogen-bond donors (Lipinski definition) is 1. The first-order valence-corrected chi connectivity index (χ1v) is 10.2. The van der Waals surface area contributed by atoms with Gasteiger partial charge in [0, 0.05) is 49.1 Å². The second-order valence-corrected chi connectivity index (χ2v) is 8.51. The first-order chi connectivity index (χ1) is 13.0. The van der Waals surface area contributed by atoms with Gasteiger partial charge in [0.1, 0.15) is 0 Å². The van der Waals surface area contributed by atoms with Crippen LogP contribution in [0.4, 0.5) is 10.8 Å². The van der Waals surface area contributed by atoms with Crippen molar-refractivity contribution in [2.24, 2.45) is 5.92 Å². The Hall–Kier alpha value is -2.41. The Labute approximate surface area is 163 Å². The molecule has 27 heavy (non-hydrogen) atoms. The highest BCUT2D eigenvalue weighted by molar-refractivity contribution is 7.15. The van der Waals surface area contributed by atoms with Crippen LogP contribution in [-0.4, -0.2) is 42.3 Å². The van der Waals surface area contributed by atoms with E-state index in [-0.39, 0.29) is 17.7 Å². The van der Waals surface area contributed by atoms with Crippen LogP contribution in [0.1, 0.15) is 40.2 Å². The largest absolute Gasteiger partial charge is 0.378 e. The summed E-state index contributed by atoms with van der Waals surface area (Å²) in [5, 5.41) is 3.62. The molecular formula is C20H24N4O2S. The Balaban J connectivity index is 1.43. The van der Waals surface area contributed by atoms with Crippen molar-refractivity contribution in [3.63, 3.8) is 0 Å². The molecule has 0 atom stereocenters. The zero-order valence-electron chi connectivity index (χ0n) is 15.7. The van der Waals surface area contributed by atoms with Gasteiger partial charge < -0.3 is 15.1 Å². The molecule has 2 heterocycles. The fraction of sp³-hybridized carbons (Fsp3) is 0.450. The van der Waals surface area contributed by atoms with E-state index in [0.29, 0.717) is 23.8 Å². The molecule has 2 aliphatic rings. The molecule has 0 saturated heterocycles. The van der Waals surface area contributed by atoms with Crippen molar-refractivity contribution < 1.29 is 9.59 Å². The molecule has 7 heteroatoms. The van der Waals surface area contributed by atoms with Gasteiger partial charge in [0.2, 0.25) is 5.91 Å². The lowest BCUT2D eigenvalue weighted by atomic mass is 9.85. The summed E-state index contributed by atoms with van der Waals surface area (Å²) >= 11 is 1.49. The topological polar surface area (TPSA) is 65.5 Å². The Morgan fingerprint density at radius 2 is 1.96 bits per heavy atom. The number of rotatable bonds is 4. The highest BCUT2D eigenvalue weighted by atomic mass is 32.1. The molecule has 0 unspecified atom stereocenters. The molecule has 1 fully saturated rings. The van der Waals surface area contributed by atoms with Crippen LogP contribution in [-0.2, 0) is 17.8 Å². The number of nitrogens with zero attached hydrogens (tertiary/aromatic N) is 3. The van der Waals surface area contributed by atoms with E-state index in [1.54, 1.807) is 0 Å². The van der Waals surface area contributed by atoms with Gasteiger partial charge in [-0.3, -0.25) is 9.59 Å². The summed E-state index contributed by atoms with van der Waals surface area (Å²) in [7, 11) is 3.96. The third-order valence-corrected chi connectivity index (χ3v) is 6.35. The SMILES string of the molecule is CN(C)c1ccc(C(=O)N2CCc3nc(NC(=O)C4CCC4)sc3C2)cc1. The molecule has 0 spiro atoms. The van der Waals surface area contributed by atoms with Crippen molar-refractivity contribution in [1.82, 2.24) is 9.88 Å². The summed E-state index contributed by atoms with van der Waals surface area (Å²) in [6, 6.07) is 7.68.